The van der Waals surface area contributed by atoms with Crippen LogP contribution in [0.3, 0.4) is 0 Å². The first-order valence-electron chi connectivity index (χ1n) is 7.68. The smallest absolute Gasteiger partial charge is 0.387 e. The van der Waals surface area contributed by atoms with Crippen molar-refractivity contribution in [1.29, 1.82) is 0 Å². The SMILES string of the molecule is O=C(CNC(=O)c1cccc(OC(F)F)c1)NCCc1ccccc1. The van der Waals surface area contributed by atoms with E-state index in [4.69, 9.17) is 0 Å². The number of nitrogens with one attached hydrogen (secondary N) is 2. The number of carbonyl (C=O) groups excluding carboxylic acids is 2. The third-order valence-electron chi connectivity index (χ3n) is 3.31. The molecular weight excluding hydrogens is 330 g/mol. The first-order chi connectivity index (χ1) is 12.0. The fourth-order valence-corrected chi connectivity index (χ4v) is 2.13. The minimum atomic E-state index is -2.96. The molecule has 0 aliphatic heterocycles. The molecule has 0 aliphatic carbocycles. The Hall–Kier alpha value is -2.96. The molecule has 2 amide bonds. The molecule has 25 heavy (non-hydrogen) atoms. The molecule has 0 atom stereocenters. The molecule has 2 aromatic carbocycles. The minimum absolute atomic E-state index is 0.116. The highest BCUT2D eigenvalue weighted by Crippen LogP contribution is 2.15. The number of carbonyl (C=O) groups is 2. The van der Waals surface area contributed by atoms with Crippen molar-refractivity contribution in [2.75, 3.05) is 13.1 Å². The van der Waals surface area contributed by atoms with Gasteiger partial charge in [-0.15, -0.1) is 0 Å². The Morgan fingerprint density at radius 3 is 2.48 bits per heavy atom. The van der Waals surface area contributed by atoms with Crippen molar-refractivity contribution in [3.05, 3.63) is 65.7 Å². The molecule has 0 fully saturated rings. The predicted octanol–water partition coefficient (Wildman–Crippen LogP) is 2.38. The van der Waals surface area contributed by atoms with E-state index in [9.17, 15) is 18.4 Å². The number of ether oxygens (including phenoxy) is 1. The first kappa shape index (κ1) is 18.4. The lowest BCUT2D eigenvalue weighted by Gasteiger charge is -2.09. The van der Waals surface area contributed by atoms with Crippen LogP contribution in [0, 0.1) is 0 Å². The number of hydrogen-bond acceptors (Lipinski definition) is 3. The highest BCUT2D eigenvalue weighted by Gasteiger charge is 2.10. The third kappa shape index (κ3) is 6.58. The lowest BCUT2D eigenvalue weighted by atomic mass is 10.1. The van der Waals surface area contributed by atoms with Crippen molar-refractivity contribution in [3.8, 4) is 5.75 Å². The Labute approximate surface area is 144 Å². The van der Waals surface area contributed by atoms with Crippen LogP contribution >= 0.6 is 0 Å². The molecule has 0 unspecified atom stereocenters. The number of hydrogen-bond donors (Lipinski definition) is 2. The van der Waals surface area contributed by atoms with Crippen molar-refractivity contribution >= 4 is 11.8 Å². The van der Waals surface area contributed by atoms with E-state index in [0.29, 0.717) is 13.0 Å². The summed E-state index contributed by atoms with van der Waals surface area (Å²) >= 11 is 0. The van der Waals surface area contributed by atoms with Gasteiger partial charge in [-0.05, 0) is 30.2 Å². The third-order valence-corrected chi connectivity index (χ3v) is 3.31. The largest absolute Gasteiger partial charge is 0.435 e. The summed E-state index contributed by atoms with van der Waals surface area (Å²) in [5.41, 5.74) is 1.23. The molecule has 0 spiro atoms. The number of benzene rings is 2. The van der Waals surface area contributed by atoms with E-state index >= 15 is 0 Å². The Bertz CT molecular complexity index is 708. The second kappa shape index (κ2) is 9.36. The maximum absolute atomic E-state index is 12.2. The van der Waals surface area contributed by atoms with Gasteiger partial charge in [0.2, 0.25) is 5.91 Å². The summed E-state index contributed by atoms with van der Waals surface area (Å²) in [6.45, 7) is -2.71. The number of halogens is 2. The molecule has 7 heteroatoms. The zero-order valence-electron chi connectivity index (χ0n) is 13.4. The predicted molar refractivity (Wildman–Crippen MR) is 88.6 cm³/mol. The molecule has 2 rings (SSSR count). The van der Waals surface area contributed by atoms with Crippen LogP contribution in [0.2, 0.25) is 0 Å². The molecule has 0 saturated carbocycles. The molecule has 0 heterocycles. The molecule has 0 saturated heterocycles. The maximum Gasteiger partial charge on any atom is 0.387 e. The molecule has 0 bridgehead atoms. The lowest BCUT2D eigenvalue weighted by Crippen LogP contribution is -2.37. The normalized spacial score (nSPS) is 10.4. The zero-order chi connectivity index (χ0) is 18.1. The van der Waals surface area contributed by atoms with Gasteiger partial charge in [-0.1, -0.05) is 36.4 Å². The summed E-state index contributed by atoms with van der Waals surface area (Å²) < 4.78 is 28.6. The highest BCUT2D eigenvalue weighted by atomic mass is 19.3. The lowest BCUT2D eigenvalue weighted by molar-refractivity contribution is -0.120. The average Bonchev–Trinajstić information content (AvgIpc) is 2.60. The molecule has 0 aromatic heterocycles. The van der Waals surface area contributed by atoms with Crippen LogP contribution < -0.4 is 15.4 Å². The van der Waals surface area contributed by atoms with Gasteiger partial charge in [0, 0.05) is 12.1 Å². The van der Waals surface area contributed by atoms with E-state index in [0.717, 1.165) is 5.56 Å². The summed E-state index contributed by atoms with van der Waals surface area (Å²) in [7, 11) is 0. The number of rotatable bonds is 8. The topological polar surface area (TPSA) is 67.4 Å². The van der Waals surface area contributed by atoms with Crippen LogP contribution in [0.5, 0.6) is 5.75 Å². The first-order valence-corrected chi connectivity index (χ1v) is 7.68. The molecule has 0 radical (unpaired) electrons. The fourth-order valence-electron chi connectivity index (χ4n) is 2.13. The van der Waals surface area contributed by atoms with Crippen molar-refractivity contribution < 1.29 is 23.1 Å². The van der Waals surface area contributed by atoms with Crippen molar-refractivity contribution in [2.45, 2.75) is 13.0 Å². The van der Waals surface area contributed by atoms with Crippen molar-refractivity contribution in [2.24, 2.45) is 0 Å². The quantitative estimate of drug-likeness (QED) is 0.770. The molecule has 2 N–H and O–H groups in total. The summed E-state index contributed by atoms with van der Waals surface area (Å²) in [5.74, 6) is -0.989. The van der Waals surface area contributed by atoms with E-state index in [-0.39, 0.29) is 23.8 Å². The number of alkyl halides is 2. The Morgan fingerprint density at radius 2 is 1.76 bits per heavy atom. The van der Waals surface area contributed by atoms with Gasteiger partial charge in [-0.2, -0.15) is 8.78 Å². The highest BCUT2D eigenvalue weighted by molar-refractivity contribution is 5.96. The Morgan fingerprint density at radius 1 is 1.00 bits per heavy atom. The summed E-state index contributed by atoms with van der Waals surface area (Å²) in [6, 6.07) is 15.1. The second-order valence-electron chi connectivity index (χ2n) is 5.17. The van der Waals surface area contributed by atoms with Crippen LogP contribution in [0.15, 0.2) is 54.6 Å². The van der Waals surface area contributed by atoms with Gasteiger partial charge in [0.25, 0.3) is 5.91 Å². The average molecular weight is 348 g/mol. The Kier molecular flexibility index (Phi) is 6.88. The standard InChI is InChI=1S/C18H18F2N2O3/c19-18(20)25-15-8-4-7-14(11-15)17(24)22-12-16(23)21-10-9-13-5-2-1-3-6-13/h1-8,11,18H,9-10,12H2,(H,21,23)(H,22,24). The minimum Gasteiger partial charge on any atom is -0.435 e. The van der Waals surface area contributed by atoms with Crippen molar-refractivity contribution in [1.82, 2.24) is 10.6 Å². The zero-order valence-corrected chi connectivity index (χ0v) is 13.4. The van der Waals surface area contributed by atoms with E-state index in [1.807, 2.05) is 30.3 Å². The van der Waals surface area contributed by atoms with Gasteiger partial charge in [-0.3, -0.25) is 9.59 Å². The van der Waals surface area contributed by atoms with E-state index in [1.165, 1.54) is 24.3 Å². The van der Waals surface area contributed by atoms with Gasteiger partial charge < -0.3 is 15.4 Å². The maximum atomic E-state index is 12.2. The summed E-state index contributed by atoms with van der Waals surface area (Å²) in [4.78, 5) is 23.7. The molecule has 5 nitrogen and oxygen atoms in total. The van der Waals surface area contributed by atoms with Crippen LogP contribution in [-0.2, 0) is 11.2 Å². The van der Waals surface area contributed by atoms with Gasteiger partial charge in [-0.25, -0.2) is 0 Å². The van der Waals surface area contributed by atoms with E-state index < -0.39 is 12.5 Å². The summed E-state index contributed by atoms with van der Waals surface area (Å²) in [5, 5.41) is 5.13. The van der Waals surface area contributed by atoms with Crippen LogP contribution in [-0.4, -0.2) is 31.5 Å². The van der Waals surface area contributed by atoms with Gasteiger partial charge in [0.15, 0.2) is 0 Å². The van der Waals surface area contributed by atoms with Gasteiger partial charge >= 0.3 is 6.61 Å². The van der Waals surface area contributed by atoms with Gasteiger partial charge in [0.05, 0.1) is 6.54 Å². The van der Waals surface area contributed by atoms with Crippen LogP contribution in [0.1, 0.15) is 15.9 Å². The second-order valence-corrected chi connectivity index (χ2v) is 5.17. The van der Waals surface area contributed by atoms with E-state index in [1.54, 1.807) is 0 Å². The molecular formula is C18H18F2N2O3. The molecule has 132 valence electrons. The Balaban J connectivity index is 1.74. The van der Waals surface area contributed by atoms with Gasteiger partial charge in [0.1, 0.15) is 5.75 Å². The van der Waals surface area contributed by atoms with Crippen molar-refractivity contribution in [3.63, 3.8) is 0 Å². The molecule has 2 aromatic rings. The monoisotopic (exact) mass is 348 g/mol. The van der Waals surface area contributed by atoms with Crippen LogP contribution in [0.4, 0.5) is 8.78 Å². The molecule has 0 aliphatic rings. The number of amides is 2. The fraction of sp³-hybridized carbons (Fsp3) is 0.222. The summed E-state index contributed by atoms with van der Waals surface area (Å²) in [6.07, 6.45) is 0.688. The van der Waals surface area contributed by atoms with E-state index in [2.05, 4.69) is 15.4 Å². The van der Waals surface area contributed by atoms with Crippen LogP contribution in [0.25, 0.3) is 0 Å².